The first-order valence-corrected chi connectivity index (χ1v) is 6.84. The van der Waals surface area contributed by atoms with Crippen molar-refractivity contribution in [1.82, 2.24) is 4.98 Å². The van der Waals surface area contributed by atoms with Crippen molar-refractivity contribution >= 4 is 26.7 Å². The number of benzene rings is 1. The lowest BCUT2D eigenvalue weighted by Crippen LogP contribution is -2.12. The van der Waals surface area contributed by atoms with Crippen LogP contribution in [-0.4, -0.2) is 11.5 Å². The molecular formula is C13H17FN2S. The average Bonchev–Trinajstić information content (AvgIpc) is 2.72. The van der Waals surface area contributed by atoms with E-state index in [1.54, 1.807) is 17.4 Å². The molecule has 1 heterocycles. The molecule has 2 rings (SSSR count). The van der Waals surface area contributed by atoms with Crippen LogP contribution in [0.5, 0.6) is 0 Å². The maximum atomic E-state index is 13.0. The van der Waals surface area contributed by atoms with E-state index < -0.39 is 0 Å². The van der Waals surface area contributed by atoms with E-state index in [-0.39, 0.29) is 5.82 Å². The van der Waals surface area contributed by atoms with Gasteiger partial charge in [-0.1, -0.05) is 38.0 Å². The maximum Gasteiger partial charge on any atom is 0.183 e. The third kappa shape index (κ3) is 2.94. The minimum Gasteiger partial charge on any atom is -0.361 e. The van der Waals surface area contributed by atoms with Crippen molar-refractivity contribution in [2.75, 3.05) is 11.9 Å². The lowest BCUT2D eigenvalue weighted by atomic mass is 10.0. The number of anilines is 1. The Balaban J connectivity index is 2.09. The summed E-state index contributed by atoms with van der Waals surface area (Å²) in [6.07, 6.45) is 2.34. The second-order valence-electron chi connectivity index (χ2n) is 4.19. The monoisotopic (exact) mass is 252 g/mol. The van der Waals surface area contributed by atoms with Crippen LogP contribution in [0, 0.1) is 11.7 Å². The van der Waals surface area contributed by atoms with Gasteiger partial charge in [0.15, 0.2) is 5.13 Å². The van der Waals surface area contributed by atoms with Crippen LogP contribution in [0.2, 0.25) is 0 Å². The van der Waals surface area contributed by atoms with Crippen molar-refractivity contribution in [2.24, 2.45) is 5.92 Å². The van der Waals surface area contributed by atoms with Crippen molar-refractivity contribution in [3.05, 3.63) is 24.0 Å². The van der Waals surface area contributed by atoms with Gasteiger partial charge in [0, 0.05) is 12.6 Å². The number of thiazole rings is 1. The minimum absolute atomic E-state index is 0.227. The highest BCUT2D eigenvalue weighted by molar-refractivity contribution is 7.22. The highest BCUT2D eigenvalue weighted by Crippen LogP contribution is 2.26. The van der Waals surface area contributed by atoms with Crippen LogP contribution in [0.25, 0.3) is 10.2 Å². The van der Waals surface area contributed by atoms with Crippen LogP contribution >= 0.6 is 11.3 Å². The first-order chi connectivity index (χ1) is 8.22. The molecule has 0 amide bonds. The van der Waals surface area contributed by atoms with Gasteiger partial charge in [-0.15, -0.1) is 0 Å². The van der Waals surface area contributed by atoms with Crippen LogP contribution in [-0.2, 0) is 0 Å². The average molecular weight is 252 g/mol. The fraction of sp³-hybridized carbons (Fsp3) is 0.462. The van der Waals surface area contributed by atoms with Crippen molar-refractivity contribution in [3.8, 4) is 0 Å². The molecule has 0 spiro atoms. The highest BCUT2D eigenvalue weighted by Gasteiger charge is 2.07. The van der Waals surface area contributed by atoms with E-state index in [1.165, 1.54) is 25.0 Å². The second kappa shape index (κ2) is 5.45. The van der Waals surface area contributed by atoms with Crippen LogP contribution in [0.1, 0.15) is 26.7 Å². The molecule has 0 radical (unpaired) electrons. The molecule has 2 nitrogen and oxygen atoms in total. The van der Waals surface area contributed by atoms with Crippen molar-refractivity contribution < 1.29 is 4.39 Å². The van der Waals surface area contributed by atoms with E-state index in [0.717, 1.165) is 21.9 Å². The fourth-order valence-electron chi connectivity index (χ4n) is 1.79. The number of nitrogens with zero attached hydrogens (tertiary/aromatic N) is 1. The molecule has 1 N–H and O–H groups in total. The smallest absolute Gasteiger partial charge is 0.183 e. The van der Waals surface area contributed by atoms with Crippen LogP contribution in [0.4, 0.5) is 9.52 Å². The Labute approximate surface area is 105 Å². The molecular weight excluding hydrogens is 235 g/mol. The molecule has 0 aliphatic rings. The quantitative estimate of drug-likeness (QED) is 0.859. The molecule has 0 bridgehead atoms. The Morgan fingerprint density at radius 1 is 1.35 bits per heavy atom. The molecule has 1 aromatic heterocycles. The predicted molar refractivity (Wildman–Crippen MR) is 72.1 cm³/mol. The molecule has 0 fully saturated rings. The molecule has 17 heavy (non-hydrogen) atoms. The van der Waals surface area contributed by atoms with Crippen molar-refractivity contribution in [3.63, 3.8) is 0 Å². The van der Waals surface area contributed by atoms with Gasteiger partial charge in [0.2, 0.25) is 0 Å². The largest absolute Gasteiger partial charge is 0.361 e. The van der Waals surface area contributed by atoms with Gasteiger partial charge in [-0.25, -0.2) is 9.37 Å². The van der Waals surface area contributed by atoms with Gasteiger partial charge in [-0.3, -0.25) is 0 Å². The summed E-state index contributed by atoms with van der Waals surface area (Å²) in [4.78, 5) is 4.38. The van der Waals surface area contributed by atoms with Gasteiger partial charge in [0.05, 0.1) is 10.2 Å². The molecule has 0 saturated heterocycles. The van der Waals surface area contributed by atoms with Gasteiger partial charge in [-0.2, -0.15) is 0 Å². The first kappa shape index (κ1) is 12.3. The Hall–Kier alpha value is -1.16. The Morgan fingerprint density at radius 3 is 2.82 bits per heavy atom. The Kier molecular flexibility index (Phi) is 3.94. The fourth-order valence-corrected chi connectivity index (χ4v) is 2.64. The summed E-state index contributed by atoms with van der Waals surface area (Å²) in [5.74, 6) is 0.452. The van der Waals surface area contributed by atoms with Crippen molar-refractivity contribution in [1.29, 1.82) is 0 Å². The van der Waals surface area contributed by atoms with Crippen molar-refractivity contribution in [2.45, 2.75) is 26.7 Å². The van der Waals surface area contributed by atoms with Gasteiger partial charge < -0.3 is 5.32 Å². The number of halogens is 1. The number of hydrogen-bond donors (Lipinski definition) is 1. The van der Waals surface area contributed by atoms with Crippen LogP contribution < -0.4 is 5.32 Å². The van der Waals surface area contributed by atoms with Gasteiger partial charge in [-0.05, 0) is 18.1 Å². The summed E-state index contributed by atoms with van der Waals surface area (Å²) in [5.41, 5.74) is 0.738. The minimum atomic E-state index is -0.227. The number of fused-ring (bicyclic) bond motifs is 1. The lowest BCUT2D eigenvalue weighted by molar-refractivity contribution is 0.519. The summed E-state index contributed by atoms with van der Waals surface area (Å²) in [6, 6.07) is 4.74. The second-order valence-corrected chi connectivity index (χ2v) is 5.23. The standard InChI is InChI=1S/C13H17FN2S/c1-3-9(4-2)8-15-13-16-11-7-10(14)5-6-12(11)17-13/h5-7,9H,3-4,8H2,1-2H3,(H,15,16). The first-order valence-electron chi connectivity index (χ1n) is 6.02. The summed E-state index contributed by atoms with van der Waals surface area (Å²) < 4.78 is 14.0. The zero-order valence-electron chi connectivity index (χ0n) is 10.2. The van der Waals surface area contributed by atoms with E-state index >= 15 is 0 Å². The summed E-state index contributed by atoms with van der Waals surface area (Å²) >= 11 is 1.58. The topological polar surface area (TPSA) is 24.9 Å². The molecule has 92 valence electrons. The van der Waals surface area contributed by atoms with E-state index in [0.29, 0.717) is 5.92 Å². The van der Waals surface area contributed by atoms with E-state index in [4.69, 9.17) is 0 Å². The summed E-state index contributed by atoms with van der Waals surface area (Å²) in [5, 5.41) is 4.23. The Morgan fingerprint density at radius 2 is 2.12 bits per heavy atom. The molecule has 0 unspecified atom stereocenters. The molecule has 0 atom stereocenters. The summed E-state index contributed by atoms with van der Waals surface area (Å²) in [7, 11) is 0. The third-order valence-corrected chi connectivity index (χ3v) is 4.04. The zero-order valence-corrected chi connectivity index (χ0v) is 11.0. The molecule has 4 heteroatoms. The van der Waals surface area contributed by atoms with Gasteiger partial charge >= 0.3 is 0 Å². The van der Waals surface area contributed by atoms with E-state index in [2.05, 4.69) is 24.1 Å². The number of aromatic nitrogens is 1. The van der Waals surface area contributed by atoms with Gasteiger partial charge in [0.25, 0.3) is 0 Å². The molecule has 1 aromatic carbocycles. The normalized spacial score (nSPS) is 11.3. The third-order valence-electron chi connectivity index (χ3n) is 3.05. The van der Waals surface area contributed by atoms with E-state index in [9.17, 15) is 4.39 Å². The summed E-state index contributed by atoms with van der Waals surface area (Å²) in [6.45, 7) is 5.34. The number of rotatable bonds is 5. The Bertz CT molecular complexity index is 491. The van der Waals surface area contributed by atoms with Crippen LogP contribution in [0.15, 0.2) is 18.2 Å². The van der Waals surface area contributed by atoms with Crippen LogP contribution in [0.3, 0.4) is 0 Å². The molecule has 0 aliphatic heterocycles. The number of nitrogens with one attached hydrogen (secondary N) is 1. The SMILES string of the molecule is CCC(CC)CNc1nc2cc(F)ccc2s1. The number of hydrogen-bond acceptors (Lipinski definition) is 3. The van der Waals surface area contributed by atoms with E-state index in [1.807, 2.05) is 0 Å². The lowest BCUT2D eigenvalue weighted by Gasteiger charge is -2.11. The highest BCUT2D eigenvalue weighted by atomic mass is 32.1. The zero-order chi connectivity index (χ0) is 12.3. The molecule has 2 aromatic rings. The molecule has 0 aliphatic carbocycles. The van der Waals surface area contributed by atoms with Gasteiger partial charge in [0.1, 0.15) is 5.82 Å². The molecule has 0 saturated carbocycles. The maximum absolute atomic E-state index is 13.0. The predicted octanol–water partition coefficient (Wildman–Crippen LogP) is 4.28.